The molecule has 0 spiro atoms. The minimum atomic E-state index is -0.250. The van der Waals surface area contributed by atoms with Crippen LogP contribution in [0.2, 0.25) is 0 Å². The van der Waals surface area contributed by atoms with E-state index < -0.39 is 0 Å². The van der Waals surface area contributed by atoms with Crippen LogP contribution in [0.3, 0.4) is 0 Å². The molecule has 0 aliphatic carbocycles. The van der Waals surface area contributed by atoms with Gasteiger partial charge in [0, 0.05) is 45.9 Å². The van der Waals surface area contributed by atoms with Gasteiger partial charge in [-0.05, 0) is 6.07 Å². The highest BCUT2D eigenvalue weighted by Gasteiger charge is 2.22. The quantitative estimate of drug-likeness (QED) is 0.796. The van der Waals surface area contributed by atoms with Gasteiger partial charge in [-0.3, -0.25) is 9.79 Å². The second-order valence-electron chi connectivity index (χ2n) is 5.94. The lowest BCUT2D eigenvalue weighted by Crippen LogP contribution is -2.48. The molecule has 1 amide bonds. The number of aliphatic imine (C=N–C) groups is 1. The van der Waals surface area contributed by atoms with Gasteiger partial charge in [0.2, 0.25) is 5.91 Å². The van der Waals surface area contributed by atoms with E-state index in [9.17, 15) is 9.18 Å². The largest absolute Gasteiger partial charge is 0.367 e. The summed E-state index contributed by atoms with van der Waals surface area (Å²) < 4.78 is 16.5. The fraction of sp³-hybridized carbons (Fsp3) is 0.438. The number of amides is 1. The second-order valence-corrected chi connectivity index (χ2v) is 5.94. The van der Waals surface area contributed by atoms with Crippen molar-refractivity contribution in [1.29, 1.82) is 0 Å². The molecule has 2 aliphatic heterocycles. The summed E-state index contributed by atoms with van der Waals surface area (Å²) in [6.45, 7) is 5.77. The van der Waals surface area contributed by atoms with Crippen LogP contribution in [0, 0.1) is 5.82 Å². The number of hydrogen-bond acceptors (Lipinski definition) is 4. The standard InChI is InChI=1S/C16H18FN5O/c1-11(23)20-4-6-21(7-5-20)12-8-13-15(17)14-10-18-2-3-22(14)16(13)19-9-12/h8-10H,2-7H2,1H3. The smallest absolute Gasteiger partial charge is 0.219 e. The van der Waals surface area contributed by atoms with E-state index in [1.165, 1.54) is 0 Å². The first kappa shape index (κ1) is 14.2. The van der Waals surface area contributed by atoms with Crippen LogP contribution >= 0.6 is 0 Å². The van der Waals surface area contributed by atoms with E-state index in [4.69, 9.17) is 0 Å². The number of fused-ring (bicyclic) bond motifs is 3. The van der Waals surface area contributed by atoms with Gasteiger partial charge in [0.05, 0.1) is 29.5 Å². The predicted octanol–water partition coefficient (Wildman–Crippen LogP) is 1.28. The molecule has 0 N–H and O–H groups in total. The highest BCUT2D eigenvalue weighted by atomic mass is 19.1. The molecule has 4 rings (SSSR count). The van der Waals surface area contributed by atoms with E-state index in [-0.39, 0.29) is 11.7 Å². The maximum atomic E-state index is 14.6. The lowest BCUT2D eigenvalue weighted by molar-refractivity contribution is -0.129. The zero-order valence-corrected chi connectivity index (χ0v) is 13.0. The summed E-state index contributed by atoms with van der Waals surface area (Å²) in [5, 5.41) is 0.542. The average Bonchev–Trinajstić information content (AvgIpc) is 2.88. The Balaban J connectivity index is 1.66. The number of rotatable bonds is 1. The molecule has 120 valence electrons. The number of aromatic nitrogens is 2. The molecule has 2 aliphatic rings. The van der Waals surface area contributed by atoms with Gasteiger partial charge >= 0.3 is 0 Å². The van der Waals surface area contributed by atoms with Crippen molar-refractivity contribution in [2.75, 3.05) is 37.6 Å². The van der Waals surface area contributed by atoms with Crippen molar-refractivity contribution in [3.8, 4) is 0 Å². The first-order valence-corrected chi connectivity index (χ1v) is 7.83. The maximum absolute atomic E-state index is 14.6. The zero-order chi connectivity index (χ0) is 16.0. The molecule has 0 aromatic carbocycles. The average molecular weight is 315 g/mol. The Hall–Kier alpha value is -2.44. The van der Waals surface area contributed by atoms with Gasteiger partial charge in [-0.15, -0.1) is 0 Å². The zero-order valence-electron chi connectivity index (χ0n) is 13.0. The van der Waals surface area contributed by atoms with Crippen molar-refractivity contribution in [3.63, 3.8) is 0 Å². The SMILES string of the molecule is CC(=O)N1CCN(c2cnc3c(c2)c(F)c2n3CCN=C2)CC1. The molecule has 23 heavy (non-hydrogen) atoms. The predicted molar refractivity (Wildman–Crippen MR) is 86.6 cm³/mol. The third-order valence-electron chi connectivity index (χ3n) is 4.62. The number of carbonyl (C=O) groups is 1. The molecule has 0 unspecified atom stereocenters. The molecule has 0 atom stereocenters. The van der Waals surface area contributed by atoms with Crippen molar-refractivity contribution < 1.29 is 9.18 Å². The third-order valence-corrected chi connectivity index (χ3v) is 4.62. The molecule has 0 bridgehead atoms. The van der Waals surface area contributed by atoms with Crippen LogP contribution in [0.4, 0.5) is 10.1 Å². The van der Waals surface area contributed by atoms with Crippen molar-refractivity contribution in [2.45, 2.75) is 13.5 Å². The van der Waals surface area contributed by atoms with Crippen LogP contribution in [-0.4, -0.2) is 59.3 Å². The number of halogens is 1. The van der Waals surface area contributed by atoms with Crippen molar-refractivity contribution in [2.24, 2.45) is 4.99 Å². The summed E-state index contributed by atoms with van der Waals surface area (Å²) in [6.07, 6.45) is 3.38. The summed E-state index contributed by atoms with van der Waals surface area (Å²) in [7, 11) is 0. The van der Waals surface area contributed by atoms with Gasteiger partial charge in [-0.2, -0.15) is 0 Å². The van der Waals surface area contributed by atoms with Crippen molar-refractivity contribution in [1.82, 2.24) is 14.5 Å². The molecule has 2 aromatic rings. The Morgan fingerprint density at radius 2 is 2.00 bits per heavy atom. The Morgan fingerprint density at radius 3 is 2.74 bits per heavy atom. The minimum absolute atomic E-state index is 0.101. The number of nitrogens with zero attached hydrogens (tertiary/aromatic N) is 5. The molecule has 6 nitrogen and oxygen atoms in total. The summed E-state index contributed by atoms with van der Waals surface area (Å²) in [5.74, 6) is -0.149. The molecular weight excluding hydrogens is 297 g/mol. The Kier molecular flexibility index (Phi) is 3.28. The van der Waals surface area contributed by atoms with Crippen LogP contribution < -0.4 is 4.90 Å². The topological polar surface area (TPSA) is 53.7 Å². The van der Waals surface area contributed by atoms with E-state index in [0.29, 0.717) is 42.9 Å². The van der Waals surface area contributed by atoms with Crippen molar-refractivity contribution in [3.05, 3.63) is 23.8 Å². The molecule has 7 heteroatoms. The Bertz CT molecular complexity index is 804. The Labute approximate surface area is 133 Å². The minimum Gasteiger partial charge on any atom is -0.367 e. The molecule has 1 fully saturated rings. The van der Waals surface area contributed by atoms with Crippen LogP contribution in [-0.2, 0) is 11.3 Å². The fourth-order valence-corrected chi connectivity index (χ4v) is 3.31. The van der Waals surface area contributed by atoms with Crippen LogP contribution in [0.15, 0.2) is 17.3 Å². The van der Waals surface area contributed by atoms with Crippen molar-refractivity contribution >= 4 is 28.8 Å². The normalized spacial score (nSPS) is 17.7. The number of carbonyl (C=O) groups excluding carboxylic acids is 1. The first-order chi connectivity index (χ1) is 11.1. The number of hydrogen-bond donors (Lipinski definition) is 0. The number of anilines is 1. The monoisotopic (exact) mass is 315 g/mol. The molecule has 0 saturated carbocycles. The lowest BCUT2D eigenvalue weighted by atomic mass is 10.2. The maximum Gasteiger partial charge on any atom is 0.219 e. The molecule has 1 saturated heterocycles. The first-order valence-electron chi connectivity index (χ1n) is 7.83. The molecule has 2 aromatic heterocycles. The fourth-order valence-electron chi connectivity index (χ4n) is 3.31. The van der Waals surface area contributed by atoms with Gasteiger partial charge in [0.15, 0.2) is 5.82 Å². The van der Waals surface area contributed by atoms with Gasteiger partial charge in [-0.1, -0.05) is 0 Å². The van der Waals surface area contributed by atoms with E-state index in [1.807, 2.05) is 15.5 Å². The summed E-state index contributed by atoms with van der Waals surface area (Å²) >= 11 is 0. The third kappa shape index (κ3) is 2.27. The lowest BCUT2D eigenvalue weighted by Gasteiger charge is -2.35. The molecular formula is C16H18FN5O. The summed E-state index contributed by atoms with van der Waals surface area (Å²) in [6, 6.07) is 1.86. The van der Waals surface area contributed by atoms with E-state index in [0.717, 1.165) is 18.8 Å². The van der Waals surface area contributed by atoms with E-state index in [1.54, 1.807) is 19.3 Å². The Morgan fingerprint density at radius 1 is 1.22 bits per heavy atom. The van der Waals surface area contributed by atoms with Crippen LogP contribution in [0.25, 0.3) is 11.0 Å². The van der Waals surface area contributed by atoms with Gasteiger partial charge in [0.1, 0.15) is 5.65 Å². The van der Waals surface area contributed by atoms with E-state index >= 15 is 0 Å². The number of piperazine rings is 1. The number of pyridine rings is 1. The van der Waals surface area contributed by atoms with E-state index in [2.05, 4.69) is 14.9 Å². The summed E-state index contributed by atoms with van der Waals surface area (Å²) in [4.78, 5) is 24.0. The highest BCUT2D eigenvalue weighted by Crippen LogP contribution is 2.28. The molecule has 4 heterocycles. The molecule has 0 radical (unpaired) electrons. The summed E-state index contributed by atoms with van der Waals surface area (Å²) in [5.41, 5.74) is 2.09. The van der Waals surface area contributed by atoms with Crippen LogP contribution in [0.5, 0.6) is 0 Å². The highest BCUT2D eigenvalue weighted by molar-refractivity contribution is 5.91. The van der Waals surface area contributed by atoms with Crippen LogP contribution in [0.1, 0.15) is 12.6 Å². The van der Waals surface area contributed by atoms with Gasteiger partial charge in [0.25, 0.3) is 0 Å². The second kappa shape index (κ2) is 5.33. The van der Waals surface area contributed by atoms with Gasteiger partial charge < -0.3 is 14.4 Å². The van der Waals surface area contributed by atoms with Gasteiger partial charge in [-0.25, -0.2) is 9.37 Å².